The number of ether oxygens (including phenoxy) is 4. The van der Waals surface area contributed by atoms with Gasteiger partial charge in [0.05, 0.1) is 35.5 Å². The first-order chi connectivity index (χ1) is 28.5. The second kappa shape index (κ2) is 17.2. The summed E-state index contributed by atoms with van der Waals surface area (Å²) in [5.74, 6) is -4.49. The summed E-state index contributed by atoms with van der Waals surface area (Å²) in [6.45, 7) is 9.98. The number of allylic oxidation sites excluding steroid dienone is 1. The minimum absolute atomic E-state index is 0.00111. The molecule has 4 aliphatic rings. The molecule has 2 saturated carbocycles. The number of nitrogens with zero attached hydrogens (tertiary/aromatic N) is 3. The van der Waals surface area contributed by atoms with Gasteiger partial charge in [0.1, 0.15) is 35.1 Å². The van der Waals surface area contributed by atoms with Crippen molar-refractivity contribution in [3.05, 3.63) is 36.0 Å². The second-order valence-electron chi connectivity index (χ2n) is 17.8. The van der Waals surface area contributed by atoms with Crippen LogP contribution in [0.4, 0.5) is 18.0 Å². The second-order valence-corrected chi connectivity index (χ2v) is 20.0. The lowest BCUT2D eigenvalue weighted by Gasteiger charge is -2.34. The Morgan fingerprint density at radius 1 is 1.08 bits per heavy atom. The van der Waals surface area contributed by atoms with E-state index >= 15 is 0 Å². The topological polar surface area (TPSA) is 204 Å². The summed E-state index contributed by atoms with van der Waals surface area (Å²) < 4.78 is 93.7. The van der Waals surface area contributed by atoms with Crippen LogP contribution in [0.3, 0.4) is 0 Å². The Kier molecular flexibility index (Phi) is 12.9. The number of alkyl carbamates (subject to hydrolysis) is 1. The van der Waals surface area contributed by atoms with Gasteiger partial charge in [-0.2, -0.15) is 13.2 Å². The van der Waals surface area contributed by atoms with Crippen LogP contribution in [-0.2, 0) is 40.1 Å². The number of fused-ring (bicyclic) bond motifs is 3. The predicted molar refractivity (Wildman–Crippen MR) is 215 cm³/mol. The van der Waals surface area contributed by atoms with Crippen LogP contribution >= 0.6 is 0 Å². The minimum atomic E-state index is -5.02. The average Bonchev–Trinajstić information content (AvgIpc) is 4.04. The van der Waals surface area contributed by atoms with Crippen molar-refractivity contribution in [2.45, 2.75) is 127 Å². The van der Waals surface area contributed by atoms with E-state index in [4.69, 9.17) is 18.9 Å². The van der Waals surface area contributed by atoms with Gasteiger partial charge in [-0.3, -0.25) is 19.1 Å². The van der Waals surface area contributed by atoms with E-state index in [0.717, 1.165) is 4.90 Å². The molecular weight excluding hydrogens is 826 g/mol. The molecule has 1 aromatic heterocycles. The maximum atomic E-state index is 15.0. The number of methoxy groups -OCH3 is 1. The van der Waals surface area contributed by atoms with Crippen LogP contribution in [0.25, 0.3) is 11.0 Å². The molecule has 2 aliphatic carbocycles. The van der Waals surface area contributed by atoms with Gasteiger partial charge in [0.25, 0.3) is 5.91 Å². The van der Waals surface area contributed by atoms with Gasteiger partial charge in [0.2, 0.25) is 33.4 Å². The minimum Gasteiger partial charge on any atom is -0.494 e. The molecule has 0 spiro atoms. The van der Waals surface area contributed by atoms with Gasteiger partial charge in [-0.1, -0.05) is 19.1 Å². The van der Waals surface area contributed by atoms with Crippen molar-refractivity contribution >= 4 is 44.9 Å². The van der Waals surface area contributed by atoms with Crippen LogP contribution in [0.1, 0.15) is 92.2 Å². The Morgan fingerprint density at radius 3 is 2.44 bits per heavy atom. The van der Waals surface area contributed by atoms with E-state index in [2.05, 4.69) is 25.3 Å². The summed E-state index contributed by atoms with van der Waals surface area (Å²) >= 11 is 0. The number of hydrogen-bond acceptors (Lipinski definition) is 12. The third-order valence-electron chi connectivity index (χ3n) is 11.6. The summed E-state index contributed by atoms with van der Waals surface area (Å²) in [6.07, 6.45) is -1.71. The van der Waals surface area contributed by atoms with E-state index < -0.39 is 104 Å². The molecule has 7 atom stereocenters. The van der Waals surface area contributed by atoms with Gasteiger partial charge in [-0.25, -0.2) is 23.2 Å². The molecule has 16 nitrogen and oxygen atoms in total. The first kappa shape index (κ1) is 45.8. The van der Waals surface area contributed by atoms with Gasteiger partial charge in [0, 0.05) is 31.4 Å². The fraction of sp³-hybridized carbons (Fsp3) is 0.659. The molecule has 2 aromatic rings. The molecule has 0 radical (unpaired) electrons. The number of halogens is 3. The quantitative estimate of drug-likeness (QED) is 0.276. The number of carbonyl (C=O) groups excluding carboxylic acids is 4. The highest BCUT2D eigenvalue weighted by Gasteiger charge is 2.63. The molecule has 4 amide bonds. The Hall–Kier alpha value is -4.72. The number of nitrogens with one attached hydrogen (secondary N) is 3. The van der Waals surface area contributed by atoms with Crippen molar-refractivity contribution in [3.8, 4) is 11.6 Å². The van der Waals surface area contributed by atoms with Crippen molar-refractivity contribution in [1.82, 2.24) is 30.2 Å². The number of benzene rings is 1. The summed E-state index contributed by atoms with van der Waals surface area (Å²) in [4.78, 5) is 66.0. The molecule has 61 heavy (non-hydrogen) atoms. The highest BCUT2D eigenvalue weighted by Crippen LogP contribution is 2.48. The molecule has 3 heterocycles. The molecule has 1 aromatic carbocycles. The zero-order valence-corrected chi connectivity index (χ0v) is 36.2. The van der Waals surface area contributed by atoms with Gasteiger partial charge in [0.15, 0.2) is 0 Å². The number of rotatable bonds is 10. The fourth-order valence-corrected chi connectivity index (χ4v) is 9.24. The number of carbonyl (C=O) groups is 4. The third-order valence-corrected chi connectivity index (χ3v) is 13.8. The van der Waals surface area contributed by atoms with Crippen LogP contribution in [0.15, 0.2) is 30.4 Å². The van der Waals surface area contributed by atoms with E-state index in [9.17, 15) is 40.8 Å². The smallest absolute Gasteiger partial charge is 0.438 e. The Balaban J connectivity index is 1.41. The summed E-state index contributed by atoms with van der Waals surface area (Å²) in [7, 11) is -2.69. The maximum absolute atomic E-state index is 15.0. The molecular formula is C41H55F3N6O10S. The van der Waals surface area contributed by atoms with Crippen LogP contribution in [0.2, 0.25) is 0 Å². The Morgan fingerprint density at radius 2 is 1.80 bits per heavy atom. The van der Waals surface area contributed by atoms with Crippen molar-refractivity contribution in [1.29, 1.82) is 0 Å². The van der Waals surface area contributed by atoms with Crippen molar-refractivity contribution < 1.29 is 59.7 Å². The van der Waals surface area contributed by atoms with Gasteiger partial charge in [-0.05, 0) is 91.2 Å². The number of sulfonamides is 1. The van der Waals surface area contributed by atoms with Crippen LogP contribution in [0.5, 0.6) is 11.6 Å². The Bertz CT molecular complexity index is 2160. The lowest BCUT2D eigenvalue weighted by Crippen LogP contribution is -2.60. The molecule has 3 N–H and O–H groups in total. The monoisotopic (exact) mass is 880 g/mol. The molecule has 1 saturated heterocycles. The van der Waals surface area contributed by atoms with E-state index in [-0.39, 0.29) is 43.0 Å². The molecule has 20 heteroatoms. The molecule has 336 valence electrons. The lowest BCUT2D eigenvalue weighted by atomic mass is 9.87. The molecule has 6 rings (SSSR count). The highest BCUT2D eigenvalue weighted by molar-refractivity contribution is 7.91. The maximum Gasteiger partial charge on any atom is 0.438 e. The number of hydrogen-bond donors (Lipinski definition) is 3. The average molecular weight is 881 g/mol. The number of amides is 4. The highest BCUT2D eigenvalue weighted by atomic mass is 32.2. The molecule has 0 bridgehead atoms. The number of aromatic nitrogens is 2. The van der Waals surface area contributed by atoms with Crippen molar-refractivity contribution in [2.75, 3.05) is 26.9 Å². The summed E-state index contributed by atoms with van der Waals surface area (Å²) in [5, 5.41) is 5.43. The molecule has 7 unspecified atom stereocenters. The van der Waals surface area contributed by atoms with Crippen LogP contribution < -0.4 is 24.8 Å². The zero-order chi connectivity index (χ0) is 44.7. The van der Waals surface area contributed by atoms with E-state index in [1.807, 2.05) is 13.0 Å². The first-order valence-corrected chi connectivity index (χ1v) is 22.0. The SMILES string of the molecule is CCOc1ccc2nc(C(F)(F)F)c(OC3CC4C(=O)NC5(C(=O)NS(=O)(=O)C6(C)CC6)CC5C=CCCC(C)CC(COC)C(NC(=O)OC(C)(C)C)C(=O)N4C3)nc2c1. The standard InChI is InChI=1S/C41H55F3N6O10S/c1-8-58-26-13-14-28-29(18-26)46-34(32(45-28)41(42,43)44)59-27-19-30-33(51)48-40(36(53)49-61(55,56)39(6)15-16-39)20-25(40)12-10-9-11-23(2)17-24(22-57-7)31(35(52)50(30)21-27)47-37(54)60-38(3,4)5/h10,12-14,18,23-25,27,30-31H,8-9,11,15-17,19-22H2,1-7H3,(H,47,54)(H,48,51)(H,49,53). The predicted octanol–water partition coefficient (Wildman–Crippen LogP) is 4.80. The molecule has 2 aliphatic heterocycles. The number of alkyl halides is 3. The van der Waals surface area contributed by atoms with Crippen LogP contribution in [0, 0.1) is 17.8 Å². The van der Waals surface area contributed by atoms with Gasteiger partial charge in [-0.15, -0.1) is 0 Å². The van der Waals surface area contributed by atoms with Gasteiger partial charge < -0.3 is 34.5 Å². The van der Waals surface area contributed by atoms with Gasteiger partial charge >= 0.3 is 12.3 Å². The Labute approximate surface area is 353 Å². The van der Waals surface area contributed by atoms with E-state index in [1.165, 1.54) is 32.2 Å². The lowest BCUT2D eigenvalue weighted by molar-refractivity contribution is -0.143. The third kappa shape index (κ3) is 10.3. The summed E-state index contributed by atoms with van der Waals surface area (Å²) in [6, 6.07) is 1.37. The van der Waals surface area contributed by atoms with E-state index in [0.29, 0.717) is 37.9 Å². The normalized spacial score (nSPS) is 28.1. The largest absolute Gasteiger partial charge is 0.494 e. The van der Waals surface area contributed by atoms with Crippen molar-refractivity contribution in [2.24, 2.45) is 17.8 Å². The molecule has 3 fully saturated rings. The van der Waals surface area contributed by atoms with Crippen molar-refractivity contribution in [3.63, 3.8) is 0 Å². The summed E-state index contributed by atoms with van der Waals surface area (Å²) in [5.41, 5.74) is -4.16. The zero-order valence-electron chi connectivity index (χ0n) is 35.4. The van der Waals surface area contributed by atoms with E-state index in [1.54, 1.807) is 33.8 Å². The first-order valence-electron chi connectivity index (χ1n) is 20.5. The fourth-order valence-electron chi connectivity index (χ4n) is 7.92. The van der Waals surface area contributed by atoms with Crippen LogP contribution in [-0.4, -0.2) is 108 Å².